The van der Waals surface area contributed by atoms with Crippen molar-refractivity contribution in [2.24, 2.45) is 5.73 Å². The first-order chi connectivity index (χ1) is 6.65. The van der Waals surface area contributed by atoms with Crippen LogP contribution in [0.3, 0.4) is 0 Å². The summed E-state index contributed by atoms with van der Waals surface area (Å²) in [6.45, 7) is 6.84. The van der Waals surface area contributed by atoms with Gasteiger partial charge in [-0.1, -0.05) is 13.5 Å². The third kappa shape index (κ3) is 2.49. The highest BCUT2D eigenvalue weighted by Gasteiger charge is 2.02. The minimum Gasteiger partial charge on any atom is -0.399 e. The van der Waals surface area contributed by atoms with Gasteiger partial charge in [0, 0.05) is 32.5 Å². The maximum Gasteiger partial charge on any atom is 0.128 e. The number of hydrogen-bond donors (Lipinski definition) is 1. The smallest absolute Gasteiger partial charge is 0.128 e. The summed E-state index contributed by atoms with van der Waals surface area (Å²) in [7, 11) is 2.02. The average Bonchev–Trinajstić information content (AvgIpc) is 2.18. The van der Waals surface area contributed by atoms with Crippen molar-refractivity contribution in [1.82, 2.24) is 4.98 Å². The second kappa shape index (κ2) is 4.65. The molecule has 0 aliphatic rings. The molecular weight excluding hydrogens is 174 g/mol. The van der Waals surface area contributed by atoms with Gasteiger partial charge in [-0.05, 0) is 18.6 Å². The molecule has 14 heavy (non-hydrogen) atoms. The fourth-order valence-corrected chi connectivity index (χ4v) is 1.28. The van der Waals surface area contributed by atoms with Crippen LogP contribution in [0.2, 0.25) is 0 Å². The molecular formula is C11H19N3. The SMILES string of the molecule is C=C(N)c1ccnc(N(C)CCC)c1.[HH]. The van der Waals surface area contributed by atoms with Gasteiger partial charge in [-0.3, -0.25) is 0 Å². The molecule has 0 spiro atoms. The van der Waals surface area contributed by atoms with E-state index in [0.717, 1.165) is 24.3 Å². The van der Waals surface area contributed by atoms with Crippen molar-refractivity contribution in [3.8, 4) is 0 Å². The van der Waals surface area contributed by atoms with Gasteiger partial charge in [-0.25, -0.2) is 4.98 Å². The predicted octanol–water partition coefficient (Wildman–Crippen LogP) is 2.10. The molecule has 3 nitrogen and oxygen atoms in total. The van der Waals surface area contributed by atoms with Gasteiger partial charge in [-0.2, -0.15) is 0 Å². The van der Waals surface area contributed by atoms with E-state index in [2.05, 4.69) is 23.4 Å². The molecule has 0 amide bonds. The van der Waals surface area contributed by atoms with Crippen LogP contribution in [0.4, 0.5) is 5.82 Å². The van der Waals surface area contributed by atoms with Crippen molar-refractivity contribution >= 4 is 11.5 Å². The molecule has 0 bridgehead atoms. The van der Waals surface area contributed by atoms with Crippen molar-refractivity contribution in [3.63, 3.8) is 0 Å². The van der Waals surface area contributed by atoms with Crippen molar-refractivity contribution in [3.05, 3.63) is 30.5 Å². The maximum atomic E-state index is 5.62. The van der Waals surface area contributed by atoms with E-state index in [1.807, 2.05) is 19.2 Å². The molecule has 0 aliphatic carbocycles. The Morgan fingerprint density at radius 3 is 3.00 bits per heavy atom. The molecule has 0 saturated heterocycles. The molecule has 1 aromatic heterocycles. The van der Waals surface area contributed by atoms with Crippen LogP contribution >= 0.6 is 0 Å². The lowest BCUT2D eigenvalue weighted by molar-refractivity contribution is 0.837. The Morgan fingerprint density at radius 2 is 2.43 bits per heavy atom. The van der Waals surface area contributed by atoms with Crippen LogP contribution in [0.5, 0.6) is 0 Å². The Labute approximate surface area is 86.7 Å². The van der Waals surface area contributed by atoms with E-state index in [-0.39, 0.29) is 1.43 Å². The minimum absolute atomic E-state index is 0. The Bertz CT molecular complexity index is 325. The lowest BCUT2D eigenvalue weighted by atomic mass is 10.2. The standard InChI is InChI=1S/C11H17N3.H2/c1-4-7-14(3)11-8-10(9(2)12)5-6-13-11;/h5-6,8H,2,4,7,12H2,1,3H3;1H. The van der Waals surface area contributed by atoms with Gasteiger partial charge in [0.2, 0.25) is 0 Å². The molecule has 0 aliphatic heterocycles. The van der Waals surface area contributed by atoms with Crippen LogP contribution in [0.15, 0.2) is 24.9 Å². The van der Waals surface area contributed by atoms with Crippen LogP contribution < -0.4 is 10.6 Å². The first-order valence-corrected chi connectivity index (χ1v) is 4.77. The summed E-state index contributed by atoms with van der Waals surface area (Å²) in [6.07, 6.45) is 2.86. The predicted molar refractivity (Wildman–Crippen MR) is 63.1 cm³/mol. The van der Waals surface area contributed by atoms with Gasteiger partial charge >= 0.3 is 0 Å². The number of rotatable bonds is 4. The van der Waals surface area contributed by atoms with Crippen molar-refractivity contribution in [2.75, 3.05) is 18.5 Å². The van der Waals surface area contributed by atoms with E-state index >= 15 is 0 Å². The monoisotopic (exact) mass is 193 g/mol. The van der Waals surface area contributed by atoms with Gasteiger partial charge < -0.3 is 10.6 Å². The molecule has 1 heterocycles. The van der Waals surface area contributed by atoms with Crippen LogP contribution in [-0.2, 0) is 0 Å². The third-order valence-corrected chi connectivity index (χ3v) is 2.07. The van der Waals surface area contributed by atoms with E-state index in [9.17, 15) is 0 Å². The van der Waals surface area contributed by atoms with E-state index in [1.165, 1.54) is 0 Å². The molecule has 3 heteroatoms. The van der Waals surface area contributed by atoms with Gasteiger partial charge in [0.15, 0.2) is 0 Å². The van der Waals surface area contributed by atoms with Crippen LogP contribution in [0, 0.1) is 0 Å². The first-order valence-electron chi connectivity index (χ1n) is 4.77. The van der Waals surface area contributed by atoms with E-state index in [1.54, 1.807) is 6.20 Å². The second-order valence-corrected chi connectivity index (χ2v) is 3.35. The summed E-state index contributed by atoms with van der Waals surface area (Å²) in [4.78, 5) is 6.37. The van der Waals surface area contributed by atoms with Gasteiger partial charge in [-0.15, -0.1) is 0 Å². The minimum atomic E-state index is 0. The van der Waals surface area contributed by atoms with Gasteiger partial charge in [0.05, 0.1) is 0 Å². The largest absolute Gasteiger partial charge is 0.399 e. The normalized spacial score (nSPS) is 9.86. The zero-order chi connectivity index (χ0) is 10.6. The Morgan fingerprint density at radius 1 is 1.71 bits per heavy atom. The Kier molecular flexibility index (Phi) is 3.51. The summed E-state index contributed by atoms with van der Waals surface area (Å²) in [5, 5.41) is 0. The number of pyridine rings is 1. The fraction of sp³-hybridized carbons (Fsp3) is 0.364. The Hall–Kier alpha value is -1.51. The average molecular weight is 193 g/mol. The number of hydrogen-bond acceptors (Lipinski definition) is 3. The highest BCUT2D eigenvalue weighted by Crippen LogP contribution is 2.14. The van der Waals surface area contributed by atoms with Crippen LogP contribution in [0.25, 0.3) is 5.70 Å². The van der Waals surface area contributed by atoms with Crippen LogP contribution in [0.1, 0.15) is 20.3 Å². The number of aromatic nitrogens is 1. The molecule has 0 saturated carbocycles. The van der Waals surface area contributed by atoms with Crippen molar-refractivity contribution in [2.45, 2.75) is 13.3 Å². The third-order valence-electron chi connectivity index (χ3n) is 2.07. The summed E-state index contributed by atoms with van der Waals surface area (Å²) < 4.78 is 0. The highest BCUT2D eigenvalue weighted by atomic mass is 15.2. The first kappa shape index (κ1) is 10.6. The van der Waals surface area contributed by atoms with Crippen LogP contribution in [-0.4, -0.2) is 18.6 Å². The second-order valence-electron chi connectivity index (χ2n) is 3.35. The molecule has 0 unspecified atom stereocenters. The highest BCUT2D eigenvalue weighted by molar-refractivity contribution is 5.62. The molecule has 0 atom stereocenters. The van der Waals surface area contributed by atoms with E-state index in [0.29, 0.717) is 5.70 Å². The van der Waals surface area contributed by atoms with Gasteiger partial charge in [0.1, 0.15) is 5.82 Å². The van der Waals surface area contributed by atoms with Crippen molar-refractivity contribution < 1.29 is 1.43 Å². The number of nitrogens with zero attached hydrogens (tertiary/aromatic N) is 2. The summed E-state index contributed by atoms with van der Waals surface area (Å²) in [5.74, 6) is 0.941. The molecule has 1 rings (SSSR count). The Balaban J connectivity index is 0.00000196. The maximum absolute atomic E-state index is 5.62. The quantitative estimate of drug-likeness (QED) is 0.796. The lowest BCUT2D eigenvalue weighted by Crippen LogP contribution is -2.19. The molecule has 0 fully saturated rings. The van der Waals surface area contributed by atoms with E-state index in [4.69, 9.17) is 5.73 Å². The topological polar surface area (TPSA) is 42.1 Å². The molecule has 0 radical (unpaired) electrons. The number of anilines is 1. The zero-order valence-corrected chi connectivity index (χ0v) is 8.83. The van der Waals surface area contributed by atoms with Gasteiger partial charge in [0.25, 0.3) is 0 Å². The van der Waals surface area contributed by atoms with E-state index < -0.39 is 0 Å². The summed E-state index contributed by atoms with van der Waals surface area (Å²) in [6, 6.07) is 3.82. The molecule has 78 valence electrons. The van der Waals surface area contributed by atoms with Crippen molar-refractivity contribution in [1.29, 1.82) is 0 Å². The molecule has 2 N–H and O–H groups in total. The molecule has 0 aromatic carbocycles. The number of nitrogens with two attached hydrogens (primary N) is 1. The summed E-state index contributed by atoms with van der Waals surface area (Å²) >= 11 is 0. The molecule has 1 aromatic rings. The lowest BCUT2D eigenvalue weighted by Gasteiger charge is -2.17. The zero-order valence-electron chi connectivity index (χ0n) is 8.83. The summed E-state index contributed by atoms with van der Waals surface area (Å²) in [5.41, 5.74) is 7.14. The fourth-order valence-electron chi connectivity index (χ4n) is 1.28.